The molecule has 8 aromatic carbocycles. The van der Waals surface area contributed by atoms with E-state index in [9.17, 15) is 0 Å². The molecule has 284 valence electrons. The number of hydrogen-bond acceptors (Lipinski definition) is 3. The number of nitrogens with zero attached hydrogens (tertiary/aromatic N) is 4. The number of aromatic nitrogens is 4. The fourth-order valence-electron chi connectivity index (χ4n) is 9.12. The summed E-state index contributed by atoms with van der Waals surface area (Å²) in [4.78, 5) is 14.9. The standard InChI is InChI=1S/C56H40N4/c1-56(2)48-30-14-12-28-45(48)51-47-36-42(32-33-50(47)60(44-26-10-5-11-27-44)52(51)46-29-13-15-31-49(46)56)40-23-16-22-39(34-40)41-24-17-25-43(35-41)55-58-53(37-18-6-3-7-19-37)57-54(59-55)38-20-8-4-9-21-38/h3-36H,1-2H3. The molecule has 60 heavy (non-hydrogen) atoms. The van der Waals surface area contributed by atoms with E-state index in [1.165, 1.54) is 50.0 Å². The molecule has 0 spiro atoms. The second kappa shape index (κ2) is 14.3. The lowest BCUT2D eigenvalue weighted by Crippen LogP contribution is -2.20. The van der Waals surface area contributed by atoms with Crippen LogP contribution in [0.1, 0.15) is 25.0 Å². The van der Waals surface area contributed by atoms with Crippen LogP contribution in [0, 0.1) is 0 Å². The Morgan fingerprint density at radius 2 is 0.800 bits per heavy atom. The van der Waals surface area contributed by atoms with Gasteiger partial charge in [0.2, 0.25) is 0 Å². The zero-order valence-corrected chi connectivity index (χ0v) is 33.4. The number of fused-ring (bicyclic) bond motifs is 7. The van der Waals surface area contributed by atoms with Crippen LogP contribution in [0.25, 0.3) is 95.4 Å². The van der Waals surface area contributed by atoms with Crippen LogP contribution in [0.3, 0.4) is 0 Å². The Balaban J connectivity index is 1.06. The molecule has 0 N–H and O–H groups in total. The Kier molecular flexibility index (Phi) is 8.45. The average molecular weight is 769 g/mol. The lowest BCUT2D eigenvalue weighted by atomic mass is 9.75. The van der Waals surface area contributed by atoms with Crippen molar-refractivity contribution >= 4 is 10.9 Å². The van der Waals surface area contributed by atoms with Gasteiger partial charge in [-0.1, -0.05) is 184 Å². The third-order valence-electron chi connectivity index (χ3n) is 12.1. The summed E-state index contributed by atoms with van der Waals surface area (Å²) in [6.07, 6.45) is 0. The van der Waals surface area contributed by atoms with Gasteiger partial charge in [-0.15, -0.1) is 0 Å². The lowest BCUT2D eigenvalue weighted by Gasteiger charge is -2.28. The highest BCUT2D eigenvalue weighted by molar-refractivity contribution is 6.09. The lowest BCUT2D eigenvalue weighted by molar-refractivity contribution is 0.646. The van der Waals surface area contributed by atoms with E-state index in [0.717, 1.165) is 39.1 Å². The summed E-state index contributed by atoms with van der Waals surface area (Å²) < 4.78 is 2.47. The Hall–Kier alpha value is -7.69. The van der Waals surface area contributed by atoms with Crippen molar-refractivity contribution < 1.29 is 0 Å². The average Bonchev–Trinajstić information content (AvgIpc) is 3.63. The second-order valence-corrected chi connectivity index (χ2v) is 16.0. The molecule has 2 aromatic heterocycles. The fourth-order valence-corrected chi connectivity index (χ4v) is 9.12. The van der Waals surface area contributed by atoms with Crippen molar-refractivity contribution in [1.29, 1.82) is 0 Å². The molecule has 0 aliphatic heterocycles. The van der Waals surface area contributed by atoms with Crippen LogP contribution in [-0.2, 0) is 5.41 Å². The Morgan fingerprint density at radius 1 is 0.367 bits per heavy atom. The van der Waals surface area contributed by atoms with Gasteiger partial charge < -0.3 is 4.57 Å². The maximum atomic E-state index is 5.01. The molecule has 0 radical (unpaired) electrons. The molecule has 1 aliphatic rings. The summed E-state index contributed by atoms with van der Waals surface area (Å²) in [7, 11) is 0. The first kappa shape index (κ1) is 35.5. The largest absolute Gasteiger partial charge is 0.309 e. The molecule has 0 saturated carbocycles. The van der Waals surface area contributed by atoms with Gasteiger partial charge in [0.15, 0.2) is 17.5 Å². The van der Waals surface area contributed by atoms with Gasteiger partial charge >= 0.3 is 0 Å². The third-order valence-corrected chi connectivity index (χ3v) is 12.1. The molecule has 0 saturated heterocycles. The smallest absolute Gasteiger partial charge is 0.164 e. The molecular formula is C56H40N4. The van der Waals surface area contributed by atoms with Crippen LogP contribution < -0.4 is 0 Å². The minimum absolute atomic E-state index is 0.200. The molecule has 0 fully saturated rings. The van der Waals surface area contributed by atoms with Gasteiger partial charge in [0.1, 0.15) is 0 Å². The number of hydrogen-bond donors (Lipinski definition) is 0. The van der Waals surface area contributed by atoms with Crippen molar-refractivity contribution in [2.75, 3.05) is 0 Å². The van der Waals surface area contributed by atoms with Crippen molar-refractivity contribution in [1.82, 2.24) is 19.5 Å². The normalized spacial score (nSPS) is 12.6. The molecule has 10 aromatic rings. The van der Waals surface area contributed by atoms with Gasteiger partial charge in [-0.05, 0) is 75.3 Å². The maximum Gasteiger partial charge on any atom is 0.164 e. The monoisotopic (exact) mass is 768 g/mol. The zero-order valence-electron chi connectivity index (χ0n) is 33.4. The van der Waals surface area contributed by atoms with E-state index in [1.807, 2.05) is 60.7 Å². The van der Waals surface area contributed by atoms with Crippen LogP contribution in [-0.4, -0.2) is 19.5 Å². The van der Waals surface area contributed by atoms with Crippen molar-refractivity contribution in [2.45, 2.75) is 19.3 Å². The van der Waals surface area contributed by atoms with Crippen molar-refractivity contribution in [3.05, 3.63) is 217 Å². The van der Waals surface area contributed by atoms with Gasteiger partial charge in [0, 0.05) is 44.3 Å². The summed E-state index contributed by atoms with van der Waals surface area (Å²) in [5.74, 6) is 1.94. The third kappa shape index (κ3) is 5.96. The molecule has 0 atom stereocenters. The molecule has 4 nitrogen and oxygen atoms in total. The number of rotatable bonds is 6. The molecule has 1 aliphatic carbocycles. The highest BCUT2D eigenvalue weighted by Gasteiger charge is 2.36. The van der Waals surface area contributed by atoms with Crippen LogP contribution in [0.15, 0.2) is 206 Å². The molecule has 0 bridgehead atoms. The fraction of sp³-hybridized carbons (Fsp3) is 0.0536. The summed E-state index contributed by atoms with van der Waals surface area (Å²) in [5, 5.41) is 1.23. The Labute approximate surface area is 350 Å². The predicted octanol–water partition coefficient (Wildman–Crippen LogP) is 14.1. The highest BCUT2D eigenvalue weighted by Crippen LogP contribution is 2.53. The van der Waals surface area contributed by atoms with Crippen LogP contribution >= 0.6 is 0 Å². The topological polar surface area (TPSA) is 43.6 Å². The van der Waals surface area contributed by atoms with Crippen LogP contribution in [0.2, 0.25) is 0 Å². The number of para-hydroxylation sites is 1. The van der Waals surface area contributed by atoms with Gasteiger partial charge in [-0.3, -0.25) is 0 Å². The van der Waals surface area contributed by atoms with Crippen molar-refractivity contribution in [3.8, 4) is 84.5 Å². The SMILES string of the molecule is CC1(C)c2ccccc2-c2c(n(-c3ccccc3)c3ccc(-c4cccc(-c5cccc(-c6nc(-c7ccccc7)nc(-c7ccccc7)n6)c5)c4)cc23)-c2ccccc21. The highest BCUT2D eigenvalue weighted by atomic mass is 15.0. The van der Waals surface area contributed by atoms with Crippen LogP contribution in [0.5, 0.6) is 0 Å². The number of benzene rings is 8. The van der Waals surface area contributed by atoms with Gasteiger partial charge in [-0.2, -0.15) is 0 Å². The summed E-state index contributed by atoms with van der Waals surface area (Å²) in [5.41, 5.74) is 17.2. The van der Waals surface area contributed by atoms with E-state index in [-0.39, 0.29) is 5.41 Å². The minimum Gasteiger partial charge on any atom is -0.309 e. The zero-order chi connectivity index (χ0) is 40.2. The van der Waals surface area contributed by atoms with E-state index in [0.29, 0.717) is 17.5 Å². The van der Waals surface area contributed by atoms with Crippen molar-refractivity contribution in [2.24, 2.45) is 0 Å². The van der Waals surface area contributed by atoms with Gasteiger partial charge in [0.05, 0.1) is 11.2 Å². The minimum atomic E-state index is -0.200. The van der Waals surface area contributed by atoms with Crippen molar-refractivity contribution in [3.63, 3.8) is 0 Å². The molecule has 0 amide bonds. The predicted molar refractivity (Wildman–Crippen MR) is 247 cm³/mol. The summed E-state index contributed by atoms with van der Waals surface area (Å²) in [6, 6.07) is 73.4. The van der Waals surface area contributed by atoms with E-state index < -0.39 is 0 Å². The van der Waals surface area contributed by atoms with E-state index in [2.05, 4.69) is 164 Å². The second-order valence-electron chi connectivity index (χ2n) is 16.0. The molecule has 11 rings (SSSR count). The Morgan fingerprint density at radius 3 is 1.40 bits per heavy atom. The quantitative estimate of drug-likeness (QED) is 0.169. The summed E-state index contributed by atoms with van der Waals surface area (Å²) in [6.45, 7) is 4.73. The molecular weight excluding hydrogens is 729 g/mol. The molecule has 2 heterocycles. The van der Waals surface area contributed by atoms with Gasteiger partial charge in [0.25, 0.3) is 0 Å². The van der Waals surface area contributed by atoms with Crippen LogP contribution in [0.4, 0.5) is 0 Å². The first-order valence-corrected chi connectivity index (χ1v) is 20.5. The van der Waals surface area contributed by atoms with E-state index in [4.69, 9.17) is 15.0 Å². The first-order chi connectivity index (χ1) is 29.5. The summed E-state index contributed by atoms with van der Waals surface area (Å²) >= 11 is 0. The van der Waals surface area contributed by atoms with E-state index >= 15 is 0 Å². The molecule has 0 unspecified atom stereocenters. The first-order valence-electron chi connectivity index (χ1n) is 20.5. The van der Waals surface area contributed by atoms with Gasteiger partial charge in [-0.25, -0.2) is 15.0 Å². The maximum absolute atomic E-state index is 5.01. The molecule has 4 heteroatoms. The van der Waals surface area contributed by atoms with E-state index in [1.54, 1.807) is 0 Å². The Bertz CT molecular complexity index is 3160.